The molecule has 3 fully saturated rings. The molecule has 5 nitrogen and oxygen atoms in total. The average Bonchev–Trinajstić information content (AvgIpc) is 3.29. The Morgan fingerprint density at radius 1 is 1.38 bits per heavy atom. The van der Waals surface area contributed by atoms with Gasteiger partial charge in [-0.2, -0.15) is 0 Å². The molecular weight excluding hydrogens is 328 g/mol. The van der Waals surface area contributed by atoms with Crippen molar-refractivity contribution in [2.45, 2.75) is 37.4 Å². The fraction of sp³-hybridized carbons (Fsp3) is 0.667. The Morgan fingerprint density at radius 3 is 3.04 bits per heavy atom. The van der Waals surface area contributed by atoms with E-state index in [1.807, 2.05) is 0 Å². The lowest BCUT2D eigenvalue weighted by Gasteiger charge is -2.29. The number of rotatable bonds is 8. The summed E-state index contributed by atoms with van der Waals surface area (Å²) in [5, 5.41) is 3.04. The minimum Gasteiger partial charge on any atom is -0.375 e. The van der Waals surface area contributed by atoms with Crippen LogP contribution in [-0.4, -0.2) is 62.4 Å². The average molecular weight is 358 g/mol. The van der Waals surface area contributed by atoms with Gasteiger partial charge in [-0.25, -0.2) is 0 Å². The van der Waals surface area contributed by atoms with Gasteiger partial charge in [0.1, 0.15) is 6.61 Å². The minimum atomic E-state index is -0.0259. The second-order valence-electron chi connectivity index (χ2n) is 8.09. The smallest absolute Gasteiger partial charge is 0.245 e. The second-order valence-corrected chi connectivity index (χ2v) is 8.09. The highest BCUT2D eigenvalue weighted by molar-refractivity contribution is 5.77. The maximum Gasteiger partial charge on any atom is 0.245 e. The third-order valence-corrected chi connectivity index (χ3v) is 6.45. The second kappa shape index (κ2) is 7.67. The van der Waals surface area contributed by atoms with Gasteiger partial charge in [0.05, 0.1) is 11.7 Å². The summed E-state index contributed by atoms with van der Waals surface area (Å²) < 4.78 is 11.4. The van der Waals surface area contributed by atoms with Gasteiger partial charge in [0.2, 0.25) is 5.91 Å². The van der Waals surface area contributed by atoms with Gasteiger partial charge in [-0.3, -0.25) is 4.79 Å². The zero-order chi connectivity index (χ0) is 18.0. The van der Waals surface area contributed by atoms with Crippen molar-refractivity contribution in [3.05, 3.63) is 35.9 Å². The highest BCUT2D eigenvalue weighted by atomic mass is 16.5. The molecule has 3 heterocycles. The number of carbonyl (C=O) groups excluding carboxylic acids is 1. The lowest BCUT2D eigenvalue weighted by Crippen LogP contribution is -2.42. The molecule has 26 heavy (non-hydrogen) atoms. The first-order valence-corrected chi connectivity index (χ1v) is 9.90. The van der Waals surface area contributed by atoms with Crippen molar-refractivity contribution in [3.63, 3.8) is 0 Å². The summed E-state index contributed by atoms with van der Waals surface area (Å²) in [6.45, 7) is 4.16. The predicted octanol–water partition coefficient (Wildman–Crippen LogP) is 1.86. The molecule has 1 aromatic carbocycles. The van der Waals surface area contributed by atoms with Gasteiger partial charge in [0.15, 0.2) is 0 Å². The summed E-state index contributed by atoms with van der Waals surface area (Å²) in [5.74, 6) is 0.978. The molecule has 0 saturated carbocycles. The first-order valence-electron chi connectivity index (χ1n) is 9.90. The van der Waals surface area contributed by atoms with Crippen LogP contribution in [0.5, 0.6) is 0 Å². The van der Waals surface area contributed by atoms with Crippen LogP contribution in [0.1, 0.15) is 24.8 Å². The van der Waals surface area contributed by atoms with Crippen LogP contribution in [0.15, 0.2) is 30.3 Å². The van der Waals surface area contributed by atoms with E-state index < -0.39 is 0 Å². The van der Waals surface area contributed by atoms with E-state index >= 15 is 0 Å². The number of amides is 1. The molecule has 3 aliphatic heterocycles. The van der Waals surface area contributed by atoms with Crippen LogP contribution in [0.25, 0.3) is 0 Å². The van der Waals surface area contributed by atoms with Crippen molar-refractivity contribution in [1.82, 2.24) is 10.2 Å². The summed E-state index contributed by atoms with van der Waals surface area (Å²) in [4.78, 5) is 14.3. The van der Waals surface area contributed by atoms with E-state index in [0.29, 0.717) is 17.9 Å². The Bertz CT molecular complexity index is 623. The quantitative estimate of drug-likeness (QED) is 0.771. The molecule has 4 atom stereocenters. The number of hydrogen-bond donors (Lipinski definition) is 1. The van der Waals surface area contributed by atoms with E-state index in [9.17, 15) is 4.79 Å². The molecular formula is C21H30N2O3. The van der Waals surface area contributed by atoms with E-state index in [0.717, 1.165) is 39.0 Å². The highest BCUT2D eigenvalue weighted by Crippen LogP contribution is 2.54. The molecule has 3 aliphatic rings. The molecule has 142 valence electrons. The van der Waals surface area contributed by atoms with Crippen molar-refractivity contribution in [2.24, 2.45) is 11.8 Å². The van der Waals surface area contributed by atoms with Gasteiger partial charge in [-0.1, -0.05) is 30.3 Å². The molecule has 0 radical (unpaired) electrons. The maximum absolute atomic E-state index is 11.7. The van der Waals surface area contributed by atoms with Crippen molar-refractivity contribution < 1.29 is 14.3 Å². The maximum atomic E-state index is 11.7. The Hall–Kier alpha value is -1.43. The minimum absolute atomic E-state index is 0.0259. The van der Waals surface area contributed by atoms with Crippen LogP contribution in [-0.2, 0) is 20.7 Å². The number of methoxy groups -OCH3 is 1. The van der Waals surface area contributed by atoms with Crippen molar-refractivity contribution in [1.29, 1.82) is 0 Å². The van der Waals surface area contributed by atoms with Gasteiger partial charge >= 0.3 is 0 Å². The number of nitrogens with one attached hydrogen (secondary N) is 1. The topological polar surface area (TPSA) is 50.8 Å². The van der Waals surface area contributed by atoms with Gasteiger partial charge in [0.25, 0.3) is 0 Å². The Labute approximate surface area is 156 Å². The number of hydrogen-bond acceptors (Lipinski definition) is 4. The molecule has 0 aliphatic carbocycles. The first-order chi connectivity index (χ1) is 12.7. The van der Waals surface area contributed by atoms with Gasteiger partial charge < -0.3 is 19.7 Å². The van der Waals surface area contributed by atoms with Crippen LogP contribution < -0.4 is 5.32 Å². The molecule has 2 bridgehead atoms. The van der Waals surface area contributed by atoms with Crippen molar-refractivity contribution in [2.75, 3.05) is 39.9 Å². The molecule has 1 N–H and O–H groups in total. The molecule has 3 saturated heterocycles. The Balaban J connectivity index is 1.29. The van der Waals surface area contributed by atoms with Crippen LogP contribution in [0.2, 0.25) is 0 Å². The standard InChI is InChI=1S/C21H30N2O3/c1-25-14-20(24)22-12-17-18-13-23(15-21(18)10-9-19(17)26-21)11-5-8-16-6-3-2-4-7-16/h2-4,6-7,17-19H,5,8-15H2,1H3,(H,22,24)/t17-,18+,19+,21+/m0/s1. The Morgan fingerprint density at radius 2 is 2.23 bits per heavy atom. The van der Waals surface area contributed by atoms with E-state index in [1.165, 1.54) is 18.4 Å². The van der Waals surface area contributed by atoms with E-state index in [4.69, 9.17) is 9.47 Å². The highest BCUT2D eigenvalue weighted by Gasteiger charge is 2.62. The lowest BCUT2D eigenvalue weighted by atomic mass is 9.73. The van der Waals surface area contributed by atoms with Crippen molar-refractivity contribution in [3.8, 4) is 0 Å². The molecule has 1 spiro atoms. The fourth-order valence-electron chi connectivity index (χ4n) is 5.30. The van der Waals surface area contributed by atoms with Gasteiger partial charge in [-0.05, 0) is 37.8 Å². The summed E-state index contributed by atoms with van der Waals surface area (Å²) in [5.41, 5.74) is 1.47. The van der Waals surface area contributed by atoms with E-state index in [2.05, 4.69) is 40.5 Å². The van der Waals surface area contributed by atoms with E-state index in [-0.39, 0.29) is 18.1 Å². The third-order valence-electron chi connectivity index (χ3n) is 6.45. The number of benzene rings is 1. The summed E-state index contributed by atoms with van der Waals surface area (Å²) >= 11 is 0. The fourth-order valence-corrected chi connectivity index (χ4v) is 5.30. The molecule has 0 aromatic heterocycles. The van der Waals surface area contributed by atoms with Crippen LogP contribution in [0.3, 0.4) is 0 Å². The number of ether oxygens (including phenoxy) is 2. The molecule has 4 rings (SSSR count). The monoisotopic (exact) mass is 358 g/mol. The normalized spacial score (nSPS) is 32.7. The number of likely N-dealkylation sites (tertiary alicyclic amines) is 1. The Kier molecular flexibility index (Phi) is 5.30. The van der Waals surface area contributed by atoms with Crippen LogP contribution in [0, 0.1) is 11.8 Å². The van der Waals surface area contributed by atoms with Gasteiger partial charge in [0, 0.05) is 38.6 Å². The zero-order valence-corrected chi connectivity index (χ0v) is 15.7. The predicted molar refractivity (Wildman–Crippen MR) is 99.9 cm³/mol. The molecule has 1 aromatic rings. The summed E-state index contributed by atoms with van der Waals surface area (Å²) in [7, 11) is 1.56. The SMILES string of the molecule is COCC(=O)NC[C@H]1[C@H]2CN(CCCc3ccccc3)C[C@]23CC[C@H]1O3. The number of fused-ring (bicyclic) bond motifs is 1. The number of carbonyl (C=O) groups is 1. The zero-order valence-electron chi connectivity index (χ0n) is 15.7. The first kappa shape index (κ1) is 18.0. The summed E-state index contributed by atoms with van der Waals surface area (Å²) in [6, 6.07) is 10.7. The summed E-state index contributed by atoms with van der Waals surface area (Å²) in [6.07, 6.45) is 4.97. The van der Waals surface area contributed by atoms with Crippen LogP contribution in [0.4, 0.5) is 0 Å². The third kappa shape index (κ3) is 3.53. The van der Waals surface area contributed by atoms with E-state index in [1.54, 1.807) is 7.11 Å². The number of aryl methyl sites for hydroxylation is 1. The van der Waals surface area contributed by atoms with Crippen molar-refractivity contribution >= 4 is 5.91 Å². The number of nitrogens with zero attached hydrogens (tertiary/aromatic N) is 1. The largest absolute Gasteiger partial charge is 0.375 e. The van der Waals surface area contributed by atoms with Crippen LogP contribution >= 0.6 is 0 Å². The molecule has 0 unspecified atom stereocenters. The van der Waals surface area contributed by atoms with Gasteiger partial charge in [-0.15, -0.1) is 0 Å². The molecule has 5 heteroatoms. The lowest BCUT2D eigenvalue weighted by molar-refractivity contribution is -0.125. The molecule has 1 amide bonds.